The monoisotopic (exact) mass is 284 g/mol. The lowest BCUT2D eigenvalue weighted by molar-refractivity contribution is 0.601. The molecule has 0 aromatic heterocycles. The Hall–Kier alpha value is -2.08. The molecule has 108 valence electrons. The molecule has 2 aliphatic carbocycles. The van der Waals surface area contributed by atoms with Crippen LogP contribution in [-0.2, 0) is 0 Å². The van der Waals surface area contributed by atoms with Gasteiger partial charge in [-0.15, -0.1) is 0 Å². The maximum atomic E-state index is 2.37. The summed E-state index contributed by atoms with van der Waals surface area (Å²) in [6, 6.07) is 17.3. The van der Waals surface area contributed by atoms with E-state index in [0.29, 0.717) is 5.92 Å². The van der Waals surface area contributed by atoms with Gasteiger partial charge in [0.1, 0.15) is 0 Å². The highest BCUT2D eigenvalue weighted by Crippen LogP contribution is 2.38. The molecule has 1 unspecified atom stereocenters. The van der Waals surface area contributed by atoms with Gasteiger partial charge in [0.15, 0.2) is 0 Å². The highest BCUT2D eigenvalue weighted by Gasteiger charge is 2.22. The van der Waals surface area contributed by atoms with Crippen molar-refractivity contribution < 1.29 is 0 Å². The molecule has 0 spiro atoms. The van der Waals surface area contributed by atoms with Gasteiger partial charge >= 0.3 is 0 Å². The Labute approximate surface area is 133 Å². The first-order valence-corrected chi connectivity index (χ1v) is 8.13. The Balaban J connectivity index is 1.51. The van der Waals surface area contributed by atoms with Crippen LogP contribution in [0.3, 0.4) is 0 Å². The average molecular weight is 284 g/mol. The minimum Gasteiger partial charge on any atom is -0.0648 e. The van der Waals surface area contributed by atoms with E-state index in [2.05, 4.69) is 80.4 Å². The van der Waals surface area contributed by atoms with Crippen molar-refractivity contribution in [1.82, 2.24) is 0 Å². The maximum Gasteiger partial charge on any atom is 0.0167 e. The number of allylic oxidation sites excluding steroid dienone is 2. The van der Waals surface area contributed by atoms with E-state index in [9.17, 15) is 0 Å². The lowest BCUT2D eigenvalue weighted by atomic mass is 9.88. The van der Waals surface area contributed by atoms with Gasteiger partial charge in [-0.3, -0.25) is 0 Å². The average Bonchev–Trinajstić information content (AvgIpc) is 3.15. The first-order valence-electron chi connectivity index (χ1n) is 8.13. The Bertz CT molecular complexity index is 761. The normalized spacial score (nSPS) is 16.8. The van der Waals surface area contributed by atoms with Crippen LogP contribution in [0.4, 0.5) is 0 Å². The lowest BCUT2D eigenvalue weighted by Crippen LogP contribution is -2.03. The quantitative estimate of drug-likeness (QED) is 0.675. The Morgan fingerprint density at radius 1 is 0.727 bits per heavy atom. The molecule has 2 aromatic rings. The number of hydrogen-bond donors (Lipinski definition) is 0. The molecule has 0 nitrogen and oxygen atoms in total. The van der Waals surface area contributed by atoms with Crippen molar-refractivity contribution in [1.29, 1.82) is 0 Å². The Kier molecular flexibility index (Phi) is 3.46. The van der Waals surface area contributed by atoms with E-state index in [0.717, 1.165) is 6.42 Å². The fourth-order valence-electron chi connectivity index (χ4n) is 3.53. The number of rotatable bonds is 4. The Morgan fingerprint density at radius 3 is 1.91 bits per heavy atom. The molecular weight excluding hydrogens is 264 g/mol. The third-order valence-electron chi connectivity index (χ3n) is 4.76. The van der Waals surface area contributed by atoms with E-state index < -0.39 is 0 Å². The van der Waals surface area contributed by atoms with Gasteiger partial charge in [0.25, 0.3) is 0 Å². The van der Waals surface area contributed by atoms with Gasteiger partial charge in [-0.1, -0.05) is 78.8 Å². The molecule has 0 amide bonds. The van der Waals surface area contributed by atoms with Crippen molar-refractivity contribution in [2.24, 2.45) is 5.92 Å². The molecule has 0 saturated carbocycles. The van der Waals surface area contributed by atoms with E-state index in [1.165, 1.54) is 39.8 Å². The van der Waals surface area contributed by atoms with E-state index in [1.807, 2.05) is 0 Å². The fourth-order valence-corrected chi connectivity index (χ4v) is 3.53. The van der Waals surface area contributed by atoms with Gasteiger partial charge in [-0.25, -0.2) is 0 Å². The van der Waals surface area contributed by atoms with Crippen molar-refractivity contribution in [2.75, 3.05) is 0 Å². The molecule has 0 aliphatic heterocycles. The molecule has 2 radical (unpaired) electrons. The van der Waals surface area contributed by atoms with Crippen molar-refractivity contribution in [2.45, 2.75) is 19.8 Å². The van der Waals surface area contributed by atoms with Crippen LogP contribution in [-0.4, -0.2) is 0 Å². The molecule has 0 heterocycles. The first-order chi connectivity index (χ1) is 10.8. The summed E-state index contributed by atoms with van der Waals surface area (Å²) in [6.07, 6.45) is 11.7. The van der Waals surface area contributed by atoms with Crippen molar-refractivity contribution in [3.63, 3.8) is 0 Å². The summed E-state index contributed by atoms with van der Waals surface area (Å²) in [7, 11) is 0. The standard InChI is InChI=1S/C22H20/c1-2-17(22-14-20-9-5-6-10-21(20)15-22)11-16-12-18-7-3-4-8-19(18)13-16/h3-10,12-15,17H,2,11H2,1H3. The van der Waals surface area contributed by atoms with Crippen molar-refractivity contribution in [3.05, 3.63) is 94.8 Å². The predicted octanol–water partition coefficient (Wildman–Crippen LogP) is 5.70. The van der Waals surface area contributed by atoms with Crippen molar-refractivity contribution in [3.8, 4) is 0 Å². The molecule has 0 N–H and O–H groups in total. The summed E-state index contributed by atoms with van der Waals surface area (Å²) in [6.45, 7) is 2.30. The molecule has 0 bridgehead atoms. The SMILES string of the molecule is CCC(CC1=Cc2ccccc2[CH]1)C1=Cc2ccccc2[CH]1. The summed E-state index contributed by atoms with van der Waals surface area (Å²) in [4.78, 5) is 0. The molecule has 22 heavy (non-hydrogen) atoms. The molecule has 0 heteroatoms. The van der Waals surface area contributed by atoms with E-state index >= 15 is 0 Å². The summed E-state index contributed by atoms with van der Waals surface area (Å²) in [5, 5.41) is 0. The number of fused-ring (bicyclic) bond motifs is 2. The minimum atomic E-state index is 0.601. The van der Waals surface area contributed by atoms with Crippen LogP contribution in [0.15, 0.2) is 59.7 Å². The zero-order valence-electron chi connectivity index (χ0n) is 12.9. The highest BCUT2D eigenvalue weighted by molar-refractivity contribution is 5.71. The van der Waals surface area contributed by atoms with Gasteiger partial charge in [0.05, 0.1) is 0 Å². The third kappa shape index (κ3) is 2.43. The Morgan fingerprint density at radius 2 is 1.32 bits per heavy atom. The van der Waals surface area contributed by atoms with Crippen LogP contribution >= 0.6 is 0 Å². The second-order valence-corrected chi connectivity index (χ2v) is 6.22. The second-order valence-electron chi connectivity index (χ2n) is 6.22. The van der Waals surface area contributed by atoms with E-state index in [4.69, 9.17) is 0 Å². The smallest absolute Gasteiger partial charge is 0.0167 e. The van der Waals surface area contributed by atoms with Gasteiger partial charge in [-0.05, 0) is 41.0 Å². The third-order valence-corrected chi connectivity index (χ3v) is 4.76. The molecular formula is C22H20. The van der Waals surface area contributed by atoms with Crippen LogP contribution in [0, 0.1) is 18.8 Å². The fraction of sp³-hybridized carbons (Fsp3) is 0.182. The summed E-state index contributed by atoms with van der Waals surface area (Å²) in [5.74, 6) is 0.601. The van der Waals surface area contributed by atoms with Gasteiger partial charge < -0.3 is 0 Å². The minimum absolute atomic E-state index is 0.601. The topological polar surface area (TPSA) is 0 Å². The zero-order valence-corrected chi connectivity index (χ0v) is 12.9. The molecule has 0 saturated heterocycles. The van der Waals surface area contributed by atoms with Crippen LogP contribution < -0.4 is 0 Å². The molecule has 2 aromatic carbocycles. The summed E-state index contributed by atoms with van der Waals surface area (Å²) < 4.78 is 0. The largest absolute Gasteiger partial charge is 0.0648 e. The number of benzene rings is 2. The molecule has 2 aliphatic rings. The van der Waals surface area contributed by atoms with Crippen LogP contribution in [0.5, 0.6) is 0 Å². The van der Waals surface area contributed by atoms with Gasteiger partial charge in [0, 0.05) is 12.8 Å². The maximum absolute atomic E-state index is 2.37. The molecule has 1 atom stereocenters. The van der Waals surface area contributed by atoms with Gasteiger partial charge in [0.2, 0.25) is 0 Å². The molecule has 0 fully saturated rings. The number of hydrogen-bond acceptors (Lipinski definition) is 0. The summed E-state index contributed by atoms with van der Waals surface area (Å²) >= 11 is 0. The van der Waals surface area contributed by atoms with Crippen molar-refractivity contribution >= 4 is 12.2 Å². The highest BCUT2D eigenvalue weighted by atomic mass is 14.3. The van der Waals surface area contributed by atoms with Gasteiger partial charge in [-0.2, -0.15) is 0 Å². The zero-order chi connectivity index (χ0) is 14.9. The van der Waals surface area contributed by atoms with Crippen LogP contribution in [0.2, 0.25) is 0 Å². The second kappa shape index (κ2) is 5.61. The molecule has 4 rings (SSSR count). The van der Waals surface area contributed by atoms with E-state index in [1.54, 1.807) is 0 Å². The van der Waals surface area contributed by atoms with Crippen LogP contribution in [0.1, 0.15) is 42.0 Å². The predicted molar refractivity (Wildman–Crippen MR) is 94.0 cm³/mol. The summed E-state index contributed by atoms with van der Waals surface area (Å²) in [5.41, 5.74) is 8.39. The first kappa shape index (κ1) is 13.6. The van der Waals surface area contributed by atoms with E-state index in [-0.39, 0.29) is 0 Å². The lowest BCUT2D eigenvalue weighted by Gasteiger charge is -2.17. The van der Waals surface area contributed by atoms with Crippen LogP contribution in [0.25, 0.3) is 12.2 Å².